The predicted octanol–water partition coefficient (Wildman–Crippen LogP) is 3.60. The minimum absolute atomic E-state index is 0.272. The number of nitrogens with one attached hydrogen (secondary N) is 3. The van der Waals surface area contributed by atoms with Crippen molar-refractivity contribution >= 4 is 23.1 Å². The summed E-state index contributed by atoms with van der Waals surface area (Å²) in [6, 6.07) is 9.91. The van der Waals surface area contributed by atoms with Gasteiger partial charge in [0.1, 0.15) is 31.2 Å². The molecule has 4 aliphatic rings. The average molecular weight is 547 g/mol. The lowest BCUT2D eigenvalue weighted by molar-refractivity contribution is -0.145. The molecular weight excluding hydrogens is 520 g/mol. The average Bonchev–Trinajstić information content (AvgIpc) is 3.41. The summed E-state index contributed by atoms with van der Waals surface area (Å²) in [7, 11) is 0. The van der Waals surface area contributed by atoms with Crippen LogP contribution in [0.25, 0.3) is 0 Å². The Morgan fingerprint density at radius 1 is 1.10 bits per heavy atom. The molecule has 6 rings (SSSR count). The van der Waals surface area contributed by atoms with Crippen LogP contribution in [0.4, 0.5) is 39.4 Å². The van der Waals surface area contributed by atoms with Crippen LogP contribution in [0.3, 0.4) is 0 Å². The minimum atomic E-state index is -4.42. The standard InChI is InChI=1S/C25H26F4N8O2/c26-20-8-19-11-35(13-23(20)39-19)37-15-34(12-22-21(37)10-31-36(22)14-25(27,28)29)18-5-3-16(4-6-18)32-24(38)33-17-2-1-7-30-9-17/h1-7,9-10,12,19-20,23,31H,8,11,13-15H2,(H2,32,33,38). The molecule has 4 aliphatic heterocycles. The van der Waals surface area contributed by atoms with Crippen LogP contribution in [0, 0.1) is 0 Å². The Balaban J connectivity index is 1.21. The zero-order chi connectivity index (χ0) is 27.1. The van der Waals surface area contributed by atoms with Gasteiger partial charge in [0.2, 0.25) is 0 Å². The lowest BCUT2D eigenvalue weighted by atomic mass is 10.2. The predicted molar refractivity (Wildman–Crippen MR) is 134 cm³/mol. The summed E-state index contributed by atoms with van der Waals surface area (Å²) in [6.07, 6.45) is 0.281. The minimum Gasteiger partial charge on any atom is -0.369 e. The van der Waals surface area contributed by atoms with Crippen LogP contribution in [0.15, 0.2) is 72.6 Å². The van der Waals surface area contributed by atoms with Gasteiger partial charge in [0.15, 0.2) is 0 Å². The van der Waals surface area contributed by atoms with Gasteiger partial charge in [-0.2, -0.15) is 13.2 Å². The van der Waals surface area contributed by atoms with Crippen molar-refractivity contribution in [1.82, 2.24) is 25.4 Å². The first-order valence-corrected chi connectivity index (χ1v) is 12.4. The molecular formula is C25H26F4N8O2. The molecule has 0 aliphatic carbocycles. The number of morpholine rings is 1. The van der Waals surface area contributed by atoms with Gasteiger partial charge in [0.25, 0.3) is 0 Å². The largest absolute Gasteiger partial charge is 0.407 e. The number of ether oxygens (including phenoxy) is 1. The third kappa shape index (κ3) is 5.43. The van der Waals surface area contributed by atoms with Crippen LogP contribution in [0.1, 0.15) is 6.42 Å². The zero-order valence-corrected chi connectivity index (χ0v) is 20.6. The normalized spacial score (nSPS) is 24.6. The molecule has 206 valence electrons. The van der Waals surface area contributed by atoms with E-state index in [-0.39, 0.29) is 6.10 Å². The van der Waals surface area contributed by atoms with E-state index in [1.807, 2.05) is 14.9 Å². The molecule has 5 heterocycles. The van der Waals surface area contributed by atoms with Gasteiger partial charge in [0, 0.05) is 49.5 Å². The molecule has 2 fully saturated rings. The summed E-state index contributed by atoms with van der Waals surface area (Å²) in [5.41, 5.74) is 5.39. The fraction of sp³-hybridized carbons (Fsp3) is 0.360. The molecule has 2 bridgehead atoms. The fourth-order valence-corrected chi connectivity index (χ4v) is 5.13. The number of alkyl halides is 4. The molecule has 0 spiro atoms. The Morgan fingerprint density at radius 3 is 2.62 bits per heavy atom. The van der Waals surface area contributed by atoms with Crippen LogP contribution in [-0.4, -0.2) is 76.9 Å². The van der Waals surface area contributed by atoms with Crippen molar-refractivity contribution in [2.75, 3.05) is 41.8 Å². The van der Waals surface area contributed by atoms with Gasteiger partial charge >= 0.3 is 12.2 Å². The second kappa shape index (κ2) is 9.93. The quantitative estimate of drug-likeness (QED) is 0.491. The van der Waals surface area contributed by atoms with E-state index in [1.165, 1.54) is 12.4 Å². The van der Waals surface area contributed by atoms with Crippen molar-refractivity contribution < 1.29 is 27.1 Å². The van der Waals surface area contributed by atoms with Crippen molar-refractivity contribution in [3.8, 4) is 0 Å². The molecule has 3 unspecified atom stereocenters. The lowest BCUT2D eigenvalue weighted by Gasteiger charge is -2.46. The number of anilines is 3. The van der Waals surface area contributed by atoms with E-state index in [0.717, 1.165) is 5.01 Å². The van der Waals surface area contributed by atoms with E-state index in [4.69, 9.17) is 4.74 Å². The zero-order valence-electron chi connectivity index (χ0n) is 20.6. The first-order valence-electron chi connectivity index (χ1n) is 12.4. The van der Waals surface area contributed by atoms with Gasteiger partial charge < -0.3 is 25.7 Å². The number of fused-ring (bicyclic) bond motifs is 3. The topological polar surface area (TPSA) is 88.2 Å². The van der Waals surface area contributed by atoms with Crippen LogP contribution < -0.4 is 21.0 Å². The molecule has 0 saturated carbocycles. The molecule has 0 radical (unpaired) electrons. The number of aromatic nitrogens is 1. The first kappa shape index (κ1) is 25.2. The van der Waals surface area contributed by atoms with Crippen LogP contribution in [-0.2, 0) is 4.74 Å². The van der Waals surface area contributed by atoms with Gasteiger partial charge in [-0.1, -0.05) is 0 Å². The SMILES string of the molecule is O=C(Nc1ccc(N2C=C3C(=CNN3CC(F)(F)F)N(N3CC4CC(F)C(C3)O4)C2)cc1)Nc1cccnc1. The molecule has 2 saturated heterocycles. The highest BCUT2D eigenvalue weighted by Gasteiger charge is 2.46. The van der Waals surface area contributed by atoms with Crippen LogP contribution in [0.5, 0.6) is 0 Å². The summed E-state index contributed by atoms with van der Waals surface area (Å²) >= 11 is 0. The smallest absolute Gasteiger partial charge is 0.369 e. The molecule has 2 amide bonds. The number of rotatable bonds is 5. The summed E-state index contributed by atoms with van der Waals surface area (Å²) in [6.45, 7) is -0.161. The van der Waals surface area contributed by atoms with E-state index in [1.54, 1.807) is 48.8 Å². The van der Waals surface area contributed by atoms with Crippen molar-refractivity contribution in [1.29, 1.82) is 0 Å². The number of pyridine rings is 1. The molecule has 3 N–H and O–H groups in total. The summed E-state index contributed by atoms with van der Waals surface area (Å²) in [4.78, 5) is 18.1. The van der Waals surface area contributed by atoms with Crippen molar-refractivity contribution in [3.05, 3.63) is 72.6 Å². The summed E-state index contributed by atoms with van der Waals surface area (Å²) in [5, 5.41) is 10.3. The Morgan fingerprint density at radius 2 is 1.90 bits per heavy atom. The summed E-state index contributed by atoms with van der Waals surface area (Å²) in [5.74, 6) is 0. The number of amides is 2. The van der Waals surface area contributed by atoms with Crippen molar-refractivity contribution in [2.45, 2.75) is 31.0 Å². The Bertz CT molecular complexity index is 1270. The molecule has 14 heteroatoms. The van der Waals surface area contributed by atoms with Gasteiger partial charge in [0.05, 0.1) is 23.7 Å². The van der Waals surface area contributed by atoms with Gasteiger partial charge in [-0.3, -0.25) is 15.0 Å². The Labute approximate surface area is 221 Å². The lowest BCUT2D eigenvalue weighted by Crippen LogP contribution is -2.56. The van der Waals surface area contributed by atoms with E-state index in [9.17, 15) is 22.4 Å². The second-order valence-corrected chi connectivity index (χ2v) is 9.67. The molecule has 1 aromatic carbocycles. The highest BCUT2D eigenvalue weighted by Crippen LogP contribution is 2.37. The maximum Gasteiger partial charge on any atom is 0.407 e. The highest BCUT2D eigenvalue weighted by atomic mass is 19.4. The number of carbonyl (C=O) groups excluding carboxylic acids is 1. The van der Waals surface area contributed by atoms with Crippen LogP contribution >= 0.6 is 0 Å². The molecule has 1 aromatic heterocycles. The summed E-state index contributed by atoms with van der Waals surface area (Å²) < 4.78 is 60.0. The third-order valence-electron chi connectivity index (χ3n) is 6.87. The number of halogens is 4. The maximum atomic E-state index is 14.3. The molecule has 10 nitrogen and oxygen atoms in total. The number of hydrogen-bond donors (Lipinski definition) is 3. The number of hydrogen-bond acceptors (Lipinski definition) is 8. The van der Waals surface area contributed by atoms with Crippen molar-refractivity contribution in [2.24, 2.45) is 0 Å². The number of urea groups is 1. The number of hydrazine groups is 2. The molecule has 39 heavy (non-hydrogen) atoms. The monoisotopic (exact) mass is 546 g/mol. The number of carbonyl (C=O) groups is 1. The maximum absolute atomic E-state index is 14.3. The third-order valence-corrected chi connectivity index (χ3v) is 6.87. The van der Waals surface area contributed by atoms with Gasteiger partial charge in [-0.05, 0) is 36.4 Å². The van der Waals surface area contributed by atoms with Gasteiger partial charge in [-0.25, -0.2) is 14.2 Å². The Hall–Kier alpha value is -4.04. The molecule has 3 atom stereocenters. The second-order valence-electron chi connectivity index (χ2n) is 9.67. The van der Waals surface area contributed by atoms with E-state index < -0.39 is 31.0 Å². The van der Waals surface area contributed by atoms with Crippen LogP contribution in [0.2, 0.25) is 0 Å². The van der Waals surface area contributed by atoms with Gasteiger partial charge in [-0.15, -0.1) is 0 Å². The first-order chi connectivity index (χ1) is 18.7. The Kier molecular flexibility index (Phi) is 6.43. The van der Waals surface area contributed by atoms with E-state index in [0.29, 0.717) is 54.6 Å². The van der Waals surface area contributed by atoms with E-state index >= 15 is 0 Å². The number of benzene rings is 1. The van der Waals surface area contributed by atoms with Crippen molar-refractivity contribution in [3.63, 3.8) is 0 Å². The molecule has 2 aromatic rings. The van der Waals surface area contributed by atoms with E-state index in [2.05, 4.69) is 21.0 Å². The fourth-order valence-electron chi connectivity index (χ4n) is 5.13. The highest BCUT2D eigenvalue weighted by molar-refractivity contribution is 5.99. The number of nitrogens with zero attached hydrogens (tertiary/aromatic N) is 5.